The highest BCUT2D eigenvalue weighted by molar-refractivity contribution is 6.66. The van der Waals surface area contributed by atoms with Crippen molar-refractivity contribution in [2.45, 2.75) is 3.79 Å². The van der Waals surface area contributed by atoms with Gasteiger partial charge in [0.15, 0.2) is 23.3 Å². The second kappa shape index (κ2) is 3.96. The SMILES string of the molecule is Fc1c(F)c(F)c(C(Cl)(Cl)Cl)c(F)c1F. The van der Waals surface area contributed by atoms with E-state index in [-0.39, 0.29) is 0 Å². The van der Waals surface area contributed by atoms with Gasteiger partial charge in [0.1, 0.15) is 0 Å². The Labute approximate surface area is 95.5 Å². The van der Waals surface area contributed by atoms with E-state index in [0.717, 1.165) is 0 Å². The monoisotopic (exact) mass is 284 g/mol. The van der Waals surface area contributed by atoms with Crippen molar-refractivity contribution in [2.24, 2.45) is 0 Å². The lowest BCUT2D eigenvalue weighted by Gasteiger charge is -2.14. The van der Waals surface area contributed by atoms with Crippen LogP contribution in [0.2, 0.25) is 0 Å². The van der Waals surface area contributed by atoms with Crippen molar-refractivity contribution in [1.82, 2.24) is 0 Å². The van der Waals surface area contributed by atoms with E-state index in [1.54, 1.807) is 0 Å². The summed E-state index contributed by atoms with van der Waals surface area (Å²) in [6.45, 7) is 0. The highest BCUT2D eigenvalue weighted by Crippen LogP contribution is 2.42. The summed E-state index contributed by atoms with van der Waals surface area (Å²) in [6, 6.07) is 0. The van der Waals surface area contributed by atoms with Crippen molar-refractivity contribution in [3.63, 3.8) is 0 Å². The fourth-order valence-electron chi connectivity index (χ4n) is 0.854. The number of hydrogen-bond donors (Lipinski definition) is 0. The van der Waals surface area contributed by atoms with E-state index in [1.165, 1.54) is 0 Å². The van der Waals surface area contributed by atoms with Crippen LogP contribution in [0, 0.1) is 29.1 Å². The lowest BCUT2D eigenvalue weighted by molar-refractivity contribution is 0.371. The Balaban J connectivity index is 3.68. The molecule has 0 heterocycles. The first-order chi connectivity index (χ1) is 6.68. The van der Waals surface area contributed by atoms with Crippen molar-refractivity contribution >= 4 is 34.8 Å². The minimum atomic E-state index is -2.73. The Kier molecular flexibility index (Phi) is 3.38. The maximum Gasteiger partial charge on any atom is 0.221 e. The molecular formula is C7Cl3F5. The van der Waals surface area contributed by atoms with Crippen LogP contribution in [-0.4, -0.2) is 0 Å². The van der Waals surface area contributed by atoms with Crippen molar-refractivity contribution in [2.75, 3.05) is 0 Å². The van der Waals surface area contributed by atoms with E-state index in [9.17, 15) is 22.0 Å². The van der Waals surface area contributed by atoms with Crippen LogP contribution in [0.3, 0.4) is 0 Å². The molecule has 0 nitrogen and oxygen atoms in total. The van der Waals surface area contributed by atoms with E-state index in [4.69, 9.17) is 34.8 Å². The van der Waals surface area contributed by atoms with Gasteiger partial charge in [0, 0.05) is 0 Å². The molecule has 0 unspecified atom stereocenters. The molecular weight excluding hydrogens is 285 g/mol. The van der Waals surface area contributed by atoms with Gasteiger partial charge in [-0.25, -0.2) is 22.0 Å². The fourth-order valence-corrected chi connectivity index (χ4v) is 1.35. The molecule has 0 radical (unpaired) electrons. The zero-order valence-corrected chi connectivity index (χ0v) is 8.79. The molecule has 0 fully saturated rings. The van der Waals surface area contributed by atoms with Gasteiger partial charge >= 0.3 is 0 Å². The van der Waals surface area contributed by atoms with Gasteiger partial charge < -0.3 is 0 Å². The van der Waals surface area contributed by atoms with Crippen LogP contribution in [0.4, 0.5) is 22.0 Å². The van der Waals surface area contributed by atoms with Crippen molar-refractivity contribution < 1.29 is 22.0 Å². The summed E-state index contributed by atoms with van der Waals surface area (Å²) in [5, 5.41) is 0. The third-order valence-corrected chi connectivity index (χ3v) is 2.06. The molecule has 1 aromatic rings. The zero-order valence-electron chi connectivity index (χ0n) is 6.52. The molecule has 0 atom stereocenters. The smallest absolute Gasteiger partial charge is 0.203 e. The highest BCUT2D eigenvalue weighted by atomic mass is 35.6. The molecule has 0 spiro atoms. The lowest BCUT2D eigenvalue weighted by atomic mass is 10.2. The average Bonchev–Trinajstić information content (AvgIpc) is 2.09. The average molecular weight is 285 g/mol. The predicted molar refractivity (Wildman–Crippen MR) is 45.5 cm³/mol. The molecule has 0 aliphatic carbocycles. The molecule has 0 aliphatic rings. The topological polar surface area (TPSA) is 0 Å². The molecule has 1 rings (SSSR count). The van der Waals surface area contributed by atoms with Gasteiger partial charge in [-0.2, -0.15) is 0 Å². The molecule has 1 aromatic carbocycles. The highest BCUT2D eigenvalue weighted by Gasteiger charge is 2.37. The Morgan fingerprint density at radius 2 is 0.867 bits per heavy atom. The van der Waals surface area contributed by atoms with E-state index >= 15 is 0 Å². The van der Waals surface area contributed by atoms with Gasteiger partial charge in [0.25, 0.3) is 0 Å². The molecule has 15 heavy (non-hydrogen) atoms. The van der Waals surface area contributed by atoms with E-state index in [2.05, 4.69) is 0 Å². The summed E-state index contributed by atoms with van der Waals surface area (Å²) in [6.07, 6.45) is 0. The molecule has 0 amide bonds. The minimum absolute atomic E-state index is 1.50. The number of halogens is 8. The van der Waals surface area contributed by atoms with Crippen LogP contribution in [-0.2, 0) is 3.79 Å². The Morgan fingerprint density at radius 3 is 1.13 bits per heavy atom. The van der Waals surface area contributed by atoms with Crippen LogP contribution in [0.5, 0.6) is 0 Å². The molecule has 0 aromatic heterocycles. The normalized spacial score (nSPS) is 12.0. The third kappa shape index (κ3) is 2.14. The predicted octanol–water partition coefficient (Wildman–Crippen LogP) is 4.21. The number of rotatable bonds is 0. The first-order valence-corrected chi connectivity index (χ1v) is 4.40. The summed E-state index contributed by atoms with van der Waals surface area (Å²) >= 11 is 15.2. The fraction of sp³-hybridized carbons (Fsp3) is 0.143. The second-order valence-electron chi connectivity index (χ2n) is 2.44. The van der Waals surface area contributed by atoms with Gasteiger partial charge in [0.05, 0.1) is 5.56 Å². The number of alkyl halides is 3. The Bertz CT molecular complexity index is 383. The Hall–Kier alpha value is -0.260. The van der Waals surface area contributed by atoms with E-state index in [0.29, 0.717) is 0 Å². The van der Waals surface area contributed by atoms with Crippen LogP contribution in [0.25, 0.3) is 0 Å². The molecule has 84 valence electrons. The van der Waals surface area contributed by atoms with Crippen LogP contribution in [0.15, 0.2) is 0 Å². The molecule has 0 aliphatic heterocycles. The quantitative estimate of drug-likeness (QED) is 0.290. The lowest BCUT2D eigenvalue weighted by Crippen LogP contribution is -2.14. The molecule has 0 saturated heterocycles. The summed E-state index contributed by atoms with van der Waals surface area (Å²) in [5.41, 5.74) is -1.50. The van der Waals surface area contributed by atoms with Gasteiger partial charge in [-0.3, -0.25) is 0 Å². The van der Waals surface area contributed by atoms with E-state index in [1.807, 2.05) is 0 Å². The van der Waals surface area contributed by atoms with Crippen molar-refractivity contribution in [3.8, 4) is 0 Å². The first kappa shape index (κ1) is 12.8. The maximum atomic E-state index is 12.9. The molecule has 0 saturated carbocycles. The summed E-state index contributed by atoms with van der Waals surface area (Å²) in [4.78, 5) is 0. The molecule has 0 bridgehead atoms. The van der Waals surface area contributed by atoms with Gasteiger partial charge in [-0.05, 0) is 0 Å². The van der Waals surface area contributed by atoms with Gasteiger partial charge in [-0.1, -0.05) is 34.8 Å². The van der Waals surface area contributed by atoms with Crippen molar-refractivity contribution in [3.05, 3.63) is 34.6 Å². The zero-order chi connectivity index (χ0) is 12.0. The van der Waals surface area contributed by atoms with E-state index < -0.39 is 38.4 Å². The molecule has 8 heteroatoms. The largest absolute Gasteiger partial charge is 0.221 e. The van der Waals surface area contributed by atoms with Crippen LogP contribution >= 0.6 is 34.8 Å². The maximum absolute atomic E-state index is 12.9. The third-order valence-electron chi connectivity index (χ3n) is 1.49. The van der Waals surface area contributed by atoms with Crippen LogP contribution in [0.1, 0.15) is 5.56 Å². The summed E-state index contributed by atoms with van der Waals surface area (Å²) in [5.74, 6) is -10.9. The van der Waals surface area contributed by atoms with Gasteiger partial charge in [-0.15, -0.1) is 0 Å². The number of hydrogen-bond acceptors (Lipinski definition) is 0. The number of benzene rings is 1. The second-order valence-corrected chi connectivity index (χ2v) is 4.72. The molecule has 0 N–H and O–H groups in total. The first-order valence-electron chi connectivity index (χ1n) is 3.26. The van der Waals surface area contributed by atoms with Gasteiger partial charge in [0.2, 0.25) is 9.61 Å². The van der Waals surface area contributed by atoms with Crippen molar-refractivity contribution in [1.29, 1.82) is 0 Å². The summed E-state index contributed by atoms with van der Waals surface area (Å²) < 4.78 is 60.8. The minimum Gasteiger partial charge on any atom is -0.203 e. The Morgan fingerprint density at radius 1 is 0.600 bits per heavy atom. The van der Waals surface area contributed by atoms with Crippen LogP contribution < -0.4 is 0 Å². The standard InChI is InChI=1S/C7Cl3F5/c8-7(9,10)1-2(11)4(13)6(15)5(14)3(1)12. The summed E-state index contributed by atoms with van der Waals surface area (Å²) in [7, 11) is 0.